The Labute approximate surface area is 109 Å². The predicted molar refractivity (Wildman–Crippen MR) is 69.1 cm³/mol. The van der Waals surface area contributed by atoms with E-state index in [1.54, 1.807) is 12.1 Å². The average molecular weight is 303 g/mol. The summed E-state index contributed by atoms with van der Waals surface area (Å²) in [6, 6.07) is 4.87. The minimum Gasteiger partial charge on any atom is -0.356 e. The zero-order chi connectivity index (χ0) is 12.7. The summed E-state index contributed by atoms with van der Waals surface area (Å²) in [7, 11) is 0. The van der Waals surface area contributed by atoms with Gasteiger partial charge in [0.2, 0.25) is 5.91 Å². The van der Waals surface area contributed by atoms with Crippen LogP contribution in [0.3, 0.4) is 0 Å². The zero-order valence-electron chi connectivity index (χ0n) is 9.72. The molecule has 0 bridgehead atoms. The molecule has 94 valence electrons. The molecule has 0 aliphatic heterocycles. The van der Waals surface area contributed by atoms with Gasteiger partial charge in [0.25, 0.3) is 0 Å². The molecule has 3 nitrogen and oxygen atoms in total. The number of carbonyl (C=O) groups excluding carboxylic acids is 1. The maximum Gasteiger partial charge on any atom is 0.221 e. The fourth-order valence-electron chi connectivity index (χ4n) is 1.37. The van der Waals surface area contributed by atoms with Gasteiger partial charge in [-0.05, 0) is 40.5 Å². The van der Waals surface area contributed by atoms with Crippen LogP contribution in [0, 0.1) is 5.82 Å². The molecule has 0 saturated heterocycles. The lowest BCUT2D eigenvalue weighted by Gasteiger charge is -2.06. The van der Waals surface area contributed by atoms with E-state index in [0.29, 0.717) is 30.5 Å². The molecule has 1 amide bonds. The van der Waals surface area contributed by atoms with Crippen LogP contribution in [0.4, 0.5) is 4.39 Å². The maximum absolute atomic E-state index is 13.0. The fourth-order valence-corrected chi connectivity index (χ4v) is 1.80. The van der Waals surface area contributed by atoms with Gasteiger partial charge in [-0.1, -0.05) is 6.07 Å². The van der Waals surface area contributed by atoms with Crippen molar-refractivity contribution in [2.75, 3.05) is 13.1 Å². The molecule has 2 N–H and O–H groups in total. The second-order valence-corrected chi connectivity index (χ2v) is 4.48. The van der Waals surface area contributed by atoms with Crippen molar-refractivity contribution in [3.63, 3.8) is 0 Å². The van der Waals surface area contributed by atoms with Crippen LogP contribution >= 0.6 is 15.9 Å². The number of nitrogens with one attached hydrogen (secondary N) is 2. The summed E-state index contributed by atoms with van der Waals surface area (Å²) in [5, 5.41) is 5.86. The number of hydrogen-bond acceptors (Lipinski definition) is 2. The predicted octanol–water partition coefficient (Wildman–Crippen LogP) is 2.20. The smallest absolute Gasteiger partial charge is 0.221 e. The first-order valence-corrected chi connectivity index (χ1v) is 6.34. The third-order valence-electron chi connectivity index (χ3n) is 2.22. The van der Waals surface area contributed by atoms with Crippen molar-refractivity contribution in [2.45, 2.75) is 19.9 Å². The summed E-state index contributed by atoms with van der Waals surface area (Å²) in [6.07, 6.45) is 0.455. The van der Waals surface area contributed by atoms with Gasteiger partial charge in [0, 0.05) is 26.1 Å². The highest BCUT2D eigenvalue weighted by Gasteiger charge is 2.01. The first-order chi connectivity index (χ1) is 8.13. The Balaban J connectivity index is 2.26. The SMILES string of the molecule is CCNC(=O)CCNCc1ccc(F)c(Br)c1. The molecule has 0 aromatic heterocycles. The highest BCUT2D eigenvalue weighted by atomic mass is 79.9. The van der Waals surface area contributed by atoms with Crippen LogP contribution in [-0.4, -0.2) is 19.0 Å². The van der Waals surface area contributed by atoms with Gasteiger partial charge in [0.1, 0.15) is 5.82 Å². The number of carbonyl (C=O) groups is 1. The molecule has 17 heavy (non-hydrogen) atoms. The van der Waals surface area contributed by atoms with E-state index < -0.39 is 0 Å². The average Bonchev–Trinajstić information content (AvgIpc) is 2.29. The molecular weight excluding hydrogens is 287 g/mol. The molecule has 0 aliphatic carbocycles. The lowest BCUT2D eigenvalue weighted by molar-refractivity contribution is -0.120. The van der Waals surface area contributed by atoms with E-state index in [-0.39, 0.29) is 11.7 Å². The Hall–Kier alpha value is -0.940. The van der Waals surface area contributed by atoms with Gasteiger partial charge in [0.15, 0.2) is 0 Å². The number of benzene rings is 1. The quantitative estimate of drug-likeness (QED) is 0.791. The molecule has 0 spiro atoms. The Morgan fingerprint density at radius 3 is 2.88 bits per heavy atom. The van der Waals surface area contributed by atoms with Gasteiger partial charge < -0.3 is 10.6 Å². The Morgan fingerprint density at radius 2 is 2.24 bits per heavy atom. The van der Waals surface area contributed by atoms with E-state index in [1.165, 1.54) is 6.07 Å². The molecule has 1 aromatic carbocycles. The van der Waals surface area contributed by atoms with Gasteiger partial charge >= 0.3 is 0 Å². The topological polar surface area (TPSA) is 41.1 Å². The van der Waals surface area contributed by atoms with Crippen molar-refractivity contribution < 1.29 is 9.18 Å². The second-order valence-electron chi connectivity index (χ2n) is 3.63. The minimum absolute atomic E-state index is 0.0419. The normalized spacial score (nSPS) is 10.3. The Morgan fingerprint density at radius 1 is 1.47 bits per heavy atom. The van der Waals surface area contributed by atoms with Crippen molar-refractivity contribution in [1.82, 2.24) is 10.6 Å². The first kappa shape index (κ1) is 14.1. The van der Waals surface area contributed by atoms with E-state index in [9.17, 15) is 9.18 Å². The zero-order valence-corrected chi connectivity index (χ0v) is 11.3. The summed E-state index contributed by atoms with van der Waals surface area (Å²) >= 11 is 3.13. The number of halogens is 2. The summed E-state index contributed by atoms with van der Waals surface area (Å²) in [5.41, 5.74) is 0.981. The van der Waals surface area contributed by atoms with Gasteiger partial charge in [-0.15, -0.1) is 0 Å². The van der Waals surface area contributed by atoms with E-state index in [4.69, 9.17) is 0 Å². The van der Waals surface area contributed by atoms with E-state index >= 15 is 0 Å². The van der Waals surface area contributed by atoms with Crippen LogP contribution in [0.1, 0.15) is 18.9 Å². The van der Waals surface area contributed by atoms with Gasteiger partial charge in [-0.2, -0.15) is 0 Å². The molecule has 0 heterocycles. The van der Waals surface area contributed by atoms with Crippen molar-refractivity contribution in [3.05, 3.63) is 34.1 Å². The third-order valence-corrected chi connectivity index (χ3v) is 2.82. The lowest BCUT2D eigenvalue weighted by Crippen LogP contribution is -2.27. The summed E-state index contributed by atoms with van der Waals surface area (Å²) in [6.45, 7) is 3.78. The van der Waals surface area contributed by atoms with Crippen molar-refractivity contribution in [1.29, 1.82) is 0 Å². The van der Waals surface area contributed by atoms with Crippen molar-refractivity contribution >= 4 is 21.8 Å². The molecule has 0 fully saturated rings. The van der Waals surface area contributed by atoms with E-state index in [1.807, 2.05) is 6.92 Å². The fraction of sp³-hybridized carbons (Fsp3) is 0.417. The van der Waals surface area contributed by atoms with Gasteiger partial charge in [0.05, 0.1) is 4.47 Å². The molecule has 0 unspecified atom stereocenters. The van der Waals surface area contributed by atoms with Crippen LogP contribution < -0.4 is 10.6 Å². The highest BCUT2D eigenvalue weighted by molar-refractivity contribution is 9.10. The monoisotopic (exact) mass is 302 g/mol. The van der Waals surface area contributed by atoms with Crippen LogP contribution in [0.25, 0.3) is 0 Å². The first-order valence-electron chi connectivity index (χ1n) is 5.54. The Bertz CT molecular complexity index is 385. The highest BCUT2D eigenvalue weighted by Crippen LogP contribution is 2.16. The summed E-state index contributed by atoms with van der Waals surface area (Å²) in [5.74, 6) is -0.226. The maximum atomic E-state index is 13.0. The molecule has 1 aromatic rings. The van der Waals surface area contributed by atoms with Crippen molar-refractivity contribution in [2.24, 2.45) is 0 Å². The Kier molecular flexibility index (Phi) is 6.15. The number of amides is 1. The number of hydrogen-bond donors (Lipinski definition) is 2. The number of rotatable bonds is 6. The molecule has 0 aliphatic rings. The van der Waals surface area contributed by atoms with Crippen molar-refractivity contribution in [3.8, 4) is 0 Å². The van der Waals surface area contributed by atoms with E-state index in [0.717, 1.165) is 5.56 Å². The molecule has 0 radical (unpaired) electrons. The summed E-state index contributed by atoms with van der Waals surface area (Å²) < 4.78 is 13.4. The van der Waals surface area contributed by atoms with Crippen LogP contribution in [0.15, 0.2) is 22.7 Å². The van der Waals surface area contributed by atoms with Crippen LogP contribution in [0.5, 0.6) is 0 Å². The van der Waals surface area contributed by atoms with Gasteiger partial charge in [-0.25, -0.2) is 4.39 Å². The largest absolute Gasteiger partial charge is 0.356 e. The second kappa shape index (κ2) is 7.40. The molecule has 5 heteroatoms. The molecule has 1 rings (SSSR count). The standard InChI is InChI=1S/C12H16BrFN2O/c1-2-16-12(17)5-6-15-8-9-3-4-11(14)10(13)7-9/h3-4,7,15H,2,5-6,8H2,1H3,(H,16,17). The van der Waals surface area contributed by atoms with Crippen LogP contribution in [-0.2, 0) is 11.3 Å². The van der Waals surface area contributed by atoms with E-state index in [2.05, 4.69) is 26.6 Å². The summed E-state index contributed by atoms with van der Waals surface area (Å²) in [4.78, 5) is 11.1. The third kappa shape index (κ3) is 5.28. The van der Waals surface area contributed by atoms with Crippen LogP contribution in [0.2, 0.25) is 0 Å². The lowest BCUT2D eigenvalue weighted by atomic mass is 10.2. The minimum atomic E-state index is -0.268. The molecule has 0 atom stereocenters. The molecule has 0 saturated carbocycles. The molecular formula is C12H16BrFN2O. The van der Waals surface area contributed by atoms with Gasteiger partial charge in [-0.3, -0.25) is 4.79 Å².